The van der Waals surface area contributed by atoms with Crippen molar-refractivity contribution in [2.45, 2.75) is 4.90 Å². The molecule has 0 amide bonds. The Hall–Kier alpha value is -1.74. The molecule has 17 heavy (non-hydrogen) atoms. The van der Waals surface area contributed by atoms with Crippen molar-refractivity contribution in [3.8, 4) is 5.75 Å². The maximum Gasteiger partial charge on any atom is 0.196 e. The van der Waals surface area contributed by atoms with Gasteiger partial charge in [-0.15, -0.1) is 11.8 Å². The van der Waals surface area contributed by atoms with Crippen LogP contribution in [-0.4, -0.2) is 17.1 Å². The topological polar surface area (TPSA) is 37.3 Å². The van der Waals surface area contributed by atoms with Crippen molar-refractivity contribution in [1.29, 1.82) is 0 Å². The van der Waals surface area contributed by atoms with Crippen molar-refractivity contribution < 1.29 is 9.90 Å². The number of aromatic hydroxyl groups is 1. The van der Waals surface area contributed by atoms with Crippen molar-refractivity contribution in [1.82, 2.24) is 0 Å². The number of para-hydroxylation sites is 1. The van der Waals surface area contributed by atoms with Gasteiger partial charge in [-0.1, -0.05) is 36.4 Å². The fourth-order valence-electron chi connectivity index (χ4n) is 1.62. The second-order valence-corrected chi connectivity index (χ2v) is 4.40. The normalized spacial score (nSPS) is 10.2. The van der Waals surface area contributed by atoms with Crippen LogP contribution in [0, 0.1) is 0 Å². The summed E-state index contributed by atoms with van der Waals surface area (Å²) >= 11 is 1.42. The van der Waals surface area contributed by atoms with Crippen LogP contribution in [0.25, 0.3) is 0 Å². The van der Waals surface area contributed by atoms with Crippen LogP contribution in [0.5, 0.6) is 5.75 Å². The standard InChI is InChI=1S/C14H12O2S/c1-17-12-9-5-8-11(14(12)16)13(15)10-6-3-2-4-7-10/h2-9,16H,1H3. The molecule has 2 aromatic carbocycles. The van der Waals surface area contributed by atoms with E-state index >= 15 is 0 Å². The Morgan fingerprint density at radius 3 is 2.41 bits per heavy atom. The zero-order valence-corrected chi connectivity index (χ0v) is 10.2. The monoisotopic (exact) mass is 244 g/mol. The molecular weight excluding hydrogens is 232 g/mol. The summed E-state index contributed by atoms with van der Waals surface area (Å²) in [7, 11) is 0. The van der Waals surface area contributed by atoms with Gasteiger partial charge in [0.1, 0.15) is 5.75 Å². The Morgan fingerprint density at radius 2 is 1.76 bits per heavy atom. The Morgan fingerprint density at radius 1 is 1.06 bits per heavy atom. The number of hydrogen-bond donors (Lipinski definition) is 1. The maximum absolute atomic E-state index is 12.2. The van der Waals surface area contributed by atoms with Crippen LogP contribution in [0.15, 0.2) is 53.4 Å². The number of phenolic OH excluding ortho intramolecular Hbond substituents is 1. The second-order valence-electron chi connectivity index (χ2n) is 3.55. The van der Waals surface area contributed by atoms with Crippen molar-refractivity contribution >= 4 is 17.5 Å². The predicted octanol–water partition coefficient (Wildman–Crippen LogP) is 3.35. The van der Waals surface area contributed by atoms with Crippen LogP contribution >= 0.6 is 11.8 Å². The molecule has 2 rings (SSSR count). The van der Waals surface area contributed by atoms with E-state index in [0.717, 1.165) is 0 Å². The fraction of sp³-hybridized carbons (Fsp3) is 0.0714. The number of thioether (sulfide) groups is 1. The van der Waals surface area contributed by atoms with Gasteiger partial charge in [-0.05, 0) is 18.4 Å². The Bertz CT molecular complexity index is 535. The molecule has 0 spiro atoms. The first kappa shape index (κ1) is 11.7. The van der Waals surface area contributed by atoms with Gasteiger partial charge in [-0.25, -0.2) is 0 Å². The molecule has 0 saturated carbocycles. The van der Waals surface area contributed by atoms with Gasteiger partial charge in [-0.3, -0.25) is 4.79 Å². The summed E-state index contributed by atoms with van der Waals surface area (Å²) in [4.78, 5) is 12.9. The van der Waals surface area contributed by atoms with Crippen molar-refractivity contribution in [3.05, 3.63) is 59.7 Å². The summed E-state index contributed by atoms with van der Waals surface area (Å²) < 4.78 is 0. The van der Waals surface area contributed by atoms with Gasteiger partial charge in [0.25, 0.3) is 0 Å². The van der Waals surface area contributed by atoms with Crippen LogP contribution in [-0.2, 0) is 0 Å². The Labute approximate surface area is 104 Å². The number of benzene rings is 2. The molecule has 2 nitrogen and oxygen atoms in total. The predicted molar refractivity (Wildman–Crippen MR) is 69.8 cm³/mol. The number of carbonyl (C=O) groups is 1. The first-order valence-electron chi connectivity index (χ1n) is 5.19. The largest absolute Gasteiger partial charge is 0.506 e. The molecule has 0 bridgehead atoms. The molecule has 2 aromatic rings. The highest BCUT2D eigenvalue weighted by Gasteiger charge is 2.15. The van der Waals surface area contributed by atoms with Gasteiger partial charge >= 0.3 is 0 Å². The molecule has 0 aromatic heterocycles. The molecule has 0 aliphatic heterocycles. The van der Waals surface area contributed by atoms with E-state index in [4.69, 9.17) is 0 Å². The Kier molecular flexibility index (Phi) is 3.49. The minimum atomic E-state index is -0.154. The lowest BCUT2D eigenvalue weighted by Gasteiger charge is -2.07. The minimum absolute atomic E-state index is 0.0638. The highest BCUT2D eigenvalue weighted by molar-refractivity contribution is 7.98. The molecule has 3 heteroatoms. The lowest BCUT2D eigenvalue weighted by molar-refractivity contribution is 0.103. The van der Waals surface area contributed by atoms with Gasteiger partial charge in [0.15, 0.2) is 5.78 Å². The third-order valence-electron chi connectivity index (χ3n) is 2.50. The molecular formula is C14H12O2S. The van der Waals surface area contributed by atoms with Crippen molar-refractivity contribution in [3.63, 3.8) is 0 Å². The van der Waals surface area contributed by atoms with Gasteiger partial charge in [-0.2, -0.15) is 0 Å². The van der Waals surface area contributed by atoms with Crippen LogP contribution in [0.1, 0.15) is 15.9 Å². The maximum atomic E-state index is 12.2. The molecule has 0 aliphatic carbocycles. The number of ketones is 1. The van der Waals surface area contributed by atoms with Gasteiger partial charge in [0, 0.05) is 10.5 Å². The summed E-state index contributed by atoms with van der Waals surface area (Å²) in [5.74, 6) is -0.0900. The highest BCUT2D eigenvalue weighted by Crippen LogP contribution is 2.31. The average Bonchev–Trinajstić information content (AvgIpc) is 2.39. The molecule has 0 saturated heterocycles. The molecule has 0 aliphatic rings. The van der Waals surface area contributed by atoms with E-state index in [1.54, 1.807) is 30.3 Å². The number of carbonyl (C=O) groups excluding carboxylic acids is 1. The van der Waals surface area contributed by atoms with E-state index in [1.807, 2.05) is 24.5 Å². The van der Waals surface area contributed by atoms with E-state index in [0.29, 0.717) is 16.0 Å². The van der Waals surface area contributed by atoms with Crippen LogP contribution in [0.3, 0.4) is 0 Å². The van der Waals surface area contributed by atoms with E-state index in [2.05, 4.69) is 0 Å². The molecule has 0 atom stereocenters. The SMILES string of the molecule is CSc1cccc(C(=O)c2ccccc2)c1O. The number of rotatable bonds is 3. The summed E-state index contributed by atoms with van der Waals surface area (Å²) in [5, 5.41) is 9.98. The minimum Gasteiger partial charge on any atom is -0.506 e. The van der Waals surface area contributed by atoms with Crippen LogP contribution < -0.4 is 0 Å². The highest BCUT2D eigenvalue weighted by atomic mass is 32.2. The van der Waals surface area contributed by atoms with Gasteiger partial charge in [0.05, 0.1) is 5.56 Å². The molecule has 0 heterocycles. The zero-order valence-electron chi connectivity index (χ0n) is 9.38. The smallest absolute Gasteiger partial charge is 0.196 e. The number of hydrogen-bond acceptors (Lipinski definition) is 3. The summed E-state index contributed by atoms with van der Waals surface area (Å²) in [6, 6.07) is 14.2. The van der Waals surface area contributed by atoms with E-state index < -0.39 is 0 Å². The van der Waals surface area contributed by atoms with E-state index in [-0.39, 0.29) is 11.5 Å². The van der Waals surface area contributed by atoms with Crippen LogP contribution in [0.2, 0.25) is 0 Å². The summed E-state index contributed by atoms with van der Waals surface area (Å²) in [5.41, 5.74) is 0.934. The number of phenols is 1. The molecule has 86 valence electrons. The third-order valence-corrected chi connectivity index (χ3v) is 3.27. The molecule has 1 N–H and O–H groups in total. The van der Waals surface area contributed by atoms with Crippen molar-refractivity contribution in [2.75, 3.05) is 6.26 Å². The first-order chi connectivity index (χ1) is 8.24. The lowest BCUT2D eigenvalue weighted by Crippen LogP contribution is -2.01. The van der Waals surface area contributed by atoms with E-state index in [9.17, 15) is 9.90 Å². The third kappa shape index (κ3) is 2.34. The van der Waals surface area contributed by atoms with Crippen molar-refractivity contribution in [2.24, 2.45) is 0 Å². The zero-order chi connectivity index (χ0) is 12.3. The second kappa shape index (κ2) is 5.06. The van der Waals surface area contributed by atoms with Crippen LogP contribution in [0.4, 0.5) is 0 Å². The fourth-order valence-corrected chi connectivity index (χ4v) is 2.13. The van der Waals surface area contributed by atoms with E-state index in [1.165, 1.54) is 11.8 Å². The van der Waals surface area contributed by atoms with Gasteiger partial charge in [0.2, 0.25) is 0 Å². The summed E-state index contributed by atoms with van der Waals surface area (Å²) in [6.45, 7) is 0. The lowest BCUT2D eigenvalue weighted by atomic mass is 10.0. The molecule has 0 radical (unpaired) electrons. The molecule has 0 fully saturated rings. The van der Waals surface area contributed by atoms with Gasteiger partial charge < -0.3 is 5.11 Å². The first-order valence-corrected chi connectivity index (χ1v) is 6.42. The molecule has 0 unspecified atom stereocenters. The quantitative estimate of drug-likeness (QED) is 0.664. The average molecular weight is 244 g/mol. The Balaban J connectivity index is 2.45. The summed E-state index contributed by atoms with van der Waals surface area (Å²) in [6.07, 6.45) is 1.87.